The molecule has 5 nitrogen and oxygen atoms in total. The summed E-state index contributed by atoms with van der Waals surface area (Å²) >= 11 is 3.36. The lowest BCUT2D eigenvalue weighted by atomic mass is 9.96. The second-order valence-corrected chi connectivity index (χ2v) is 7.90. The SMILES string of the molecule is CCc1ccc(N2C(=O)C(=O)/C(=C(\O)c3ccc(Br)cc3)C2c2cccnc2)cc1. The normalized spacial score (nSPS) is 18.1. The van der Waals surface area contributed by atoms with Crippen molar-refractivity contribution >= 4 is 39.1 Å². The number of aliphatic hydroxyl groups is 1. The molecule has 1 saturated heterocycles. The van der Waals surface area contributed by atoms with Crippen molar-refractivity contribution in [2.24, 2.45) is 0 Å². The lowest BCUT2D eigenvalue weighted by Crippen LogP contribution is -2.29. The van der Waals surface area contributed by atoms with E-state index in [-0.39, 0.29) is 11.3 Å². The van der Waals surface area contributed by atoms with Gasteiger partial charge < -0.3 is 5.11 Å². The number of halogens is 1. The molecule has 6 heteroatoms. The third-order valence-electron chi connectivity index (χ3n) is 5.18. The maximum absolute atomic E-state index is 13.0. The molecule has 1 fully saturated rings. The lowest BCUT2D eigenvalue weighted by molar-refractivity contribution is -0.132. The molecule has 1 aromatic heterocycles. The Bertz CT molecular complexity index is 1120. The predicted octanol–water partition coefficient (Wildman–Crippen LogP) is 5.03. The number of anilines is 1. The molecule has 0 saturated carbocycles. The van der Waals surface area contributed by atoms with Crippen LogP contribution in [-0.2, 0) is 16.0 Å². The van der Waals surface area contributed by atoms with Crippen molar-refractivity contribution in [1.29, 1.82) is 0 Å². The van der Waals surface area contributed by atoms with Gasteiger partial charge in [-0.15, -0.1) is 0 Å². The van der Waals surface area contributed by atoms with E-state index in [9.17, 15) is 14.7 Å². The molecule has 0 radical (unpaired) electrons. The second-order valence-electron chi connectivity index (χ2n) is 6.98. The lowest BCUT2D eigenvalue weighted by Gasteiger charge is -2.25. The average molecular weight is 463 g/mol. The van der Waals surface area contributed by atoms with E-state index in [1.165, 1.54) is 4.90 Å². The summed E-state index contributed by atoms with van der Waals surface area (Å²) in [6, 6.07) is 17.2. The molecule has 2 aromatic carbocycles. The Labute approximate surface area is 182 Å². The van der Waals surface area contributed by atoms with Gasteiger partial charge in [0.15, 0.2) is 0 Å². The van der Waals surface area contributed by atoms with Crippen LogP contribution in [0.15, 0.2) is 83.1 Å². The number of aromatic nitrogens is 1. The Morgan fingerprint density at radius 1 is 1.07 bits per heavy atom. The van der Waals surface area contributed by atoms with Crippen LogP contribution < -0.4 is 4.90 Å². The molecule has 1 aliphatic heterocycles. The Morgan fingerprint density at radius 2 is 1.77 bits per heavy atom. The van der Waals surface area contributed by atoms with E-state index < -0.39 is 17.7 Å². The number of rotatable bonds is 4. The van der Waals surface area contributed by atoms with Gasteiger partial charge in [-0.25, -0.2) is 0 Å². The van der Waals surface area contributed by atoms with Crippen LogP contribution in [0.1, 0.15) is 29.7 Å². The van der Waals surface area contributed by atoms with Crippen molar-refractivity contribution in [3.8, 4) is 0 Å². The van der Waals surface area contributed by atoms with Crippen LogP contribution in [0.25, 0.3) is 5.76 Å². The Hall–Kier alpha value is -3.25. The van der Waals surface area contributed by atoms with E-state index >= 15 is 0 Å². The number of pyridine rings is 1. The largest absolute Gasteiger partial charge is 0.507 e. The summed E-state index contributed by atoms with van der Waals surface area (Å²) in [6.07, 6.45) is 4.11. The smallest absolute Gasteiger partial charge is 0.300 e. The van der Waals surface area contributed by atoms with Gasteiger partial charge in [-0.2, -0.15) is 0 Å². The second kappa shape index (κ2) is 8.24. The van der Waals surface area contributed by atoms with Crippen molar-refractivity contribution in [3.63, 3.8) is 0 Å². The monoisotopic (exact) mass is 462 g/mol. The molecule has 150 valence electrons. The predicted molar refractivity (Wildman–Crippen MR) is 119 cm³/mol. The highest BCUT2D eigenvalue weighted by Crippen LogP contribution is 2.42. The van der Waals surface area contributed by atoms with Crippen LogP contribution in [0.5, 0.6) is 0 Å². The molecular formula is C24H19BrN2O3. The number of amides is 1. The average Bonchev–Trinajstić information content (AvgIpc) is 3.05. The molecule has 0 aliphatic carbocycles. The molecule has 1 unspecified atom stereocenters. The van der Waals surface area contributed by atoms with Crippen LogP contribution in [0.4, 0.5) is 5.69 Å². The first-order valence-electron chi connectivity index (χ1n) is 9.57. The van der Waals surface area contributed by atoms with E-state index in [4.69, 9.17) is 0 Å². The fourth-order valence-electron chi connectivity index (χ4n) is 3.61. The first-order valence-corrected chi connectivity index (χ1v) is 10.4. The topological polar surface area (TPSA) is 70.5 Å². The third-order valence-corrected chi connectivity index (χ3v) is 5.71. The number of hydrogen-bond acceptors (Lipinski definition) is 4. The molecule has 1 atom stereocenters. The molecule has 0 spiro atoms. The van der Waals surface area contributed by atoms with E-state index in [0.717, 1.165) is 16.5 Å². The number of ketones is 1. The molecule has 3 aromatic rings. The van der Waals surface area contributed by atoms with Gasteiger partial charge in [0.2, 0.25) is 0 Å². The van der Waals surface area contributed by atoms with Crippen LogP contribution in [0.2, 0.25) is 0 Å². The van der Waals surface area contributed by atoms with Crippen LogP contribution in [-0.4, -0.2) is 21.8 Å². The highest BCUT2D eigenvalue weighted by molar-refractivity contribution is 9.10. The van der Waals surface area contributed by atoms with Crippen LogP contribution in [0, 0.1) is 0 Å². The fraction of sp³-hybridized carbons (Fsp3) is 0.125. The maximum Gasteiger partial charge on any atom is 0.300 e. The van der Waals surface area contributed by atoms with Crippen molar-refractivity contribution in [1.82, 2.24) is 4.98 Å². The van der Waals surface area contributed by atoms with E-state index in [1.807, 2.05) is 24.3 Å². The summed E-state index contributed by atoms with van der Waals surface area (Å²) < 4.78 is 0.847. The Morgan fingerprint density at radius 3 is 2.37 bits per heavy atom. The molecule has 4 rings (SSSR count). The first-order chi connectivity index (χ1) is 14.5. The molecule has 2 heterocycles. The summed E-state index contributed by atoms with van der Waals surface area (Å²) in [5.41, 5.74) is 2.89. The number of benzene rings is 2. The number of hydrogen-bond donors (Lipinski definition) is 1. The van der Waals surface area contributed by atoms with Gasteiger partial charge in [0, 0.05) is 28.1 Å². The molecular weight excluding hydrogens is 444 g/mol. The quantitative estimate of drug-likeness (QED) is 0.335. The molecule has 1 aliphatic rings. The molecule has 30 heavy (non-hydrogen) atoms. The summed E-state index contributed by atoms with van der Waals surface area (Å²) in [5, 5.41) is 11.0. The number of aliphatic hydroxyl groups excluding tert-OH is 1. The Kier molecular flexibility index (Phi) is 5.50. The summed E-state index contributed by atoms with van der Waals surface area (Å²) in [7, 11) is 0. The van der Waals surface area contributed by atoms with Crippen molar-refractivity contribution in [2.45, 2.75) is 19.4 Å². The number of carbonyl (C=O) groups excluding carboxylic acids is 2. The third kappa shape index (κ3) is 3.55. The van der Waals surface area contributed by atoms with E-state index in [2.05, 4.69) is 27.8 Å². The van der Waals surface area contributed by atoms with Gasteiger partial charge in [0.25, 0.3) is 11.7 Å². The fourth-order valence-corrected chi connectivity index (χ4v) is 3.87. The van der Waals surface area contributed by atoms with Crippen LogP contribution >= 0.6 is 15.9 Å². The van der Waals surface area contributed by atoms with Gasteiger partial charge >= 0.3 is 0 Å². The van der Waals surface area contributed by atoms with E-state index in [0.29, 0.717) is 16.8 Å². The van der Waals surface area contributed by atoms with E-state index in [1.54, 1.807) is 48.8 Å². The number of aryl methyl sites for hydroxylation is 1. The standard InChI is InChI=1S/C24H19BrN2O3/c1-2-15-5-11-19(12-6-15)27-21(17-4-3-13-26-14-17)20(23(29)24(27)30)22(28)16-7-9-18(25)10-8-16/h3-14,21,28H,2H2,1H3/b22-20-. The minimum absolute atomic E-state index is 0.0508. The zero-order valence-electron chi connectivity index (χ0n) is 16.2. The number of carbonyl (C=O) groups is 2. The zero-order valence-corrected chi connectivity index (χ0v) is 17.8. The minimum atomic E-state index is -0.769. The molecule has 0 bridgehead atoms. The van der Waals surface area contributed by atoms with Gasteiger partial charge in [0.1, 0.15) is 5.76 Å². The first kappa shape index (κ1) is 20.0. The summed E-state index contributed by atoms with van der Waals surface area (Å²) in [6.45, 7) is 2.05. The van der Waals surface area contributed by atoms with Crippen LogP contribution in [0.3, 0.4) is 0 Å². The maximum atomic E-state index is 13.0. The summed E-state index contributed by atoms with van der Waals surface area (Å²) in [5.74, 6) is -1.60. The van der Waals surface area contributed by atoms with Crippen molar-refractivity contribution < 1.29 is 14.7 Å². The molecule has 1 amide bonds. The number of nitrogens with zero attached hydrogens (tertiary/aromatic N) is 2. The van der Waals surface area contributed by atoms with Gasteiger partial charge in [-0.05, 0) is 47.9 Å². The summed E-state index contributed by atoms with van der Waals surface area (Å²) in [4.78, 5) is 31.7. The minimum Gasteiger partial charge on any atom is -0.507 e. The van der Waals surface area contributed by atoms with Gasteiger partial charge in [0.05, 0.1) is 11.6 Å². The van der Waals surface area contributed by atoms with Crippen molar-refractivity contribution in [3.05, 3.63) is 99.8 Å². The van der Waals surface area contributed by atoms with Gasteiger partial charge in [-0.1, -0.05) is 53.2 Å². The highest BCUT2D eigenvalue weighted by atomic mass is 79.9. The van der Waals surface area contributed by atoms with Crippen molar-refractivity contribution in [2.75, 3.05) is 4.90 Å². The zero-order chi connectivity index (χ0) is 21.3. The highest BCUT2D eigenvalue weighted by Gasteiger charge is 2.47. The number of Topliss-reactive ketones (excluding diaryl/α,β-unsaturated/α-hetero) is 1. The molecule has 1 N–H and O–H groups in total. The van der Waals surface area contributed by atoms with Gasteiger partial charge in [-0.3, -0.25) is 19.5 Å². The Balaban J connectivity index is 1.90.